The Bertz CT molecular complexity index is 1320. The van der Waals surface area contributed by atoms with Gasteiger partial charge in [0.25, 0.3) is 5.91 Å². The number of methoxy groups -OCH3 is 1. The highest BCUT2D eigenvalue weighted by Gasteiger charge is 2.27. The fourth-order valence-corrected chi connectivity index (χ4v) is 6.28. The van der Waals surface area contributed by atoms with Crippen molar-refractivity contribution in [3.63, 3.8) is 0 Å². The summed E-state index contributed by atoms with van der Waals surface area (Å²) in [5.74, 6) is 0.215. The van der Waals surface area contributed by atoms with E-state index in [9.17, 15) is 9.59 Å². The highest BCUT2D eigenvalue weighted by atomic mass is 32.1. The van der Waals surface area contributed by atoms with E-state index in [1.54, 1.807) is 6.07 Å². The number of ether oxygens (including phenoxy) is 1. The summed E-state index contributed by atoms with van der Waals surface area (Å²) in [5.41, 5.74) is 3.52. The number of amides is 1. The number of esters is 1. The molecule has 1 aromatic carbocycles. The molecule has 0 spiro atoms. The standard InChI is InChI=1S/C23H21N3O3S2/c1-26-15-9-5-4-8-14(15)24-20(26)17-11-12-18(30-17)21(27)25-22-19(23(28)29-2)13-7-3-6-10-16(13)31-22/h4-5,8-9,11-12H,3,6-7,10H2,1-2H3,(H,25,27). The van der Waals surface area contributed by atoms with Gasteiger partial charge in [-0.2, -0.15) is 0 Å². The first-order chi connectivity index (χ1) is 15.1. The van der Waals surface area contributed by atoms with Gasteiger partial charge in [0.05, 0.1) is 33.5 Å². The Kier molecular flexibility index (Phi) is 5.11. The molecular weight excluding hydrogens is 430 g/mol. The summed E-state index contributed by atoms with van der Waals surface area (Å²) < 4.78 is 7.03. The van der Waals surface area contributed by atoms with Crippen molar-refractivity contribution in [2.75, 3.05) is 12.4 Å². The molecule has 5 rings (SSSR count). The molecule has 6 nitrogen and oxygen atoms in total. The van der Waals surface area contributed by atoms with Gasteiger partial charge in [-0.05, 0) is 55.5 Å². The Balaban J connectivity index is 1.45. The molecule has 8 heteroatoms. The monoisotopic (exact) mass is 451 g/mol. The predicted octanol–water partition coefficient (Wildman–Crippen LogP) is 5.28. The number of anilines is 1. The van der Waals surface area contributed by atoms with Crippen molar-refractivity contribution in [2.45, 2.75) is 25.7 Å². The second-order valence-corrected chi connectivity index (χ2v) is 9.70. The van der Waals surface area contributed by atoms with E-state index in [0.717, 1.165) is 53.0 Å². The van der Waals surface area contributed by atoms with Crippen LogP contribution < -0.4 is 5.32 Å². The van der Waals surface area contributed by atoms with Crippen LogP contribution >= 0.6 is 22.7 Å². The number of aryl methyl sites for hydroxylation is 2. The minimum Gasteiger partial charge on any atom is -0.465 e. The molecule has 0 unspecified atom stereocenters. The highest BCUT2D eigenvalue weighted by Crippen LogP contribution is 2.39. The molecule has 0 fully saturated rings. The van der Waals surface area contributed by atoms with E-state index >= 15 is 0 Å². The Labute approximate surface area is 187 Å². The van der Waals surface area contributed by atoms with Crippen molar-refractivity contribution in [1.29, 1.82) is 0 Å². The molecule has 3 heterocycles. The topological polar surface area (TPSA) is 73.2 Å². The normalized spacial score (nSPS) is 13.2. The lowest BCUT2D eigenvalue weighted by Gasteiger charge is -2.11. The molecule has 31 heavy (non-hydrogen) atoms. The molecule has 0 aliphatic heterocycles. The van der Waals surface area contributed by atoms with Crippen LogP contribution in [0.3, 0.4) is 0 Å². The van der Waals surface area contributed by atoms with Crippen LogP contribution in [-0.4, -0.2) is 28.5 Å². The van der Waals surface area contributed by atoms with Crippen molar-refractivity contribution in [2.24, 2.45) is 7.05 Å². The lowest BCUT2D eigenvalue weighted by molar-refractivity contribution is 0.0601. The summed E-state index contributed by atoms with van der Waals surface area (Å²) in [6.07, 6.45) is 3.94. The van der Waals surface area contributed by atoms with Crippen LogP contribution in [0.25, 0.3) is 21.7 Å². The van der Waals surface area contributed by atoms with E-state index in [4.69, 9.17) is 9.72 Å². The van der Waals surface area contributed by atoms with Gasteiger partial charge in [-0.15, -0.1) is 22.7 Å². The van der Waals surface area contributed by atoms with Crippen LogP contribution in [0.15, 0.2) is 36.4 Å². The number of carbonyl (C=O) groups is 2. The van der Waals surface area contributed by atoms with Gasteiger partial charge in [-0.3, -0.25) is 4.79 Å². The maximum atomic E-state index is 13.0. The molecule has 0 saturated carbocycles. The van der Waals surface area contributed by atoms with Gasteiger partial charge in [-0.25, -0.2) is 9.78 Å². The minimum absolute atomic E-state index is 0.223. The third-order valence-electron chi connectivity index (χ3n) is 5.63. The van der Waals surface area contributed by atoms with Crippen LogP contribution in [0.4, 0.5) is 5.00 Å². The number of imidazole rings is 1. The first-order valence-electron chi connectivity index (χ1n) is 10.1. The van der Waals surface area contributed by atoms with Gasteiger partial charge < -0.3 is 14.6 Å². The third-order valence-corrected chi connectivity index (χ3v) is 7.91. The number of thiophene rings is 2. The Morgan fingerprint density at radius 3 is 2.71 bits per heavy atom. The smallest absolute Gasteiger partial charge is 0.341 e. The summed E-state index contributed by atoms with van der Waals surface area (Å²) in [4.78, 5) is 32.8. The second kappa shape index (κ2) is 7.94. The zero-order valence-corrected chi connectivity index (χ0v) is 18.9. The van der Waals surface area contributed by atoms with Crippen LogP contribution in [0.1, 0.15) is 43.3 Å². The van der Waals surface area contributed by atoms with Crippen molar-refractivity contribution in [3.8, 4) is 10.7 Å². The van der Waals surface area contributed by atoms with Crippen LogP contribution in [0, 0.1) is 0 Å². The molecular formula is C23H21N3O3S2. The minimum atomic E-state index is -0.388. The summed E-state index contributed by atoms with van der Waals surface area (Å²) in [5, 5.41) is 3.55. The average Bonchev–Trinajstić information content (AvgIpc) is 3.49. The lowest BCUT2D eigenvalue weighted by Crippen LogP contribution is -2.14. The van der Waals surface area contributed by atoms with E-state index in [1.165, 1.54) is 34.7 Å². The van der Waals surface area contributed by atoms with E-state index in [0.29, 0.717) is 15.4 Å². The Morgan fingerprint density at radius 1 is 1.10 bits per heavy atom. The number of para-hydroxylation sites is 2. The molecule has 0 saturated heterocycles. The lowest BCUT2D eigenvalue weighted by atomic mass is 9.95. The molecule has 0 bridgehead atoms. The zero-order valence-electron chi connectivity index (χ0n) is 17.2. The number of nitrogens with one attached hydrogen (secondary N) is 1. The summed E-state index contributed by atoms with van der Waals surface area (Å²) in [6.45, 7) is 0. The predicted molar refractivity (Wildman–Crippen MR) is 124 cm³/mol. The summed E-state index contributed by atoms with van der Waals surface area (Å²) >= 11 is 2.88. The molecule has 3 aromatic heterocycles. The van der Waals surface area contributed by atoms with Gasteiger partial charge >= 0.3 is 5.97 Å². The average molecular weight is 452 g/mol. The van der Waals surface area contributed by atoms with Crippen LogP contribution in [0.2, 0.25) is 0 Å². The maximum absolute atomic E-state index is 13.0. The molecule has 0 atom stereocenters. The SMILES string of the molecule is COC(=O)c1c(NC(=O)c2ccc(-c3nc4ccccc4n3C)s2)sc2c1CCCC2. The van der Waals surface area contributed by atoms with Crippen LogP contribution in [0.5, 0.6) is 0 Å². The first-order valence-corrected chi connectivity index (χ1v) is 11.8. The number of nitrogens with zero attached hydrogens (tertiary/aromatic N) is 2. The number of hydrogen-bond acceptors (Lipinski definition) is 6. The van der Waals surface area contributed by atoms with Gasteiger partial charge in [-0.1, -0.05) is 12.1 Å². The molecule has 1 aliphatic rings. The highest BCUT2D eigenvalue weighted by molar-refractivity contribution is 7.18. The molecule has 0 radical (unpaired) electrons. The Morgan fingerprint density at radius 2 is 1.90 bits per heavy atom. The van der Waals surface area contributed by atoms with E-state index in [-0.39, 0.29) is 11.9 Å². The van der Waals surface area contributed by atoms with Gasteiger partial charge in [0.15, 0.2) is 5.82 Å². The fourth-order valence-electron chi connectivity index (χ4n) is 4.08. The quantitative estimate of drug-likeness (QED) is 0.429. The number of carbonyl (C=O) groups excluding carboxylic acids is 2. The third kappa shape index (κ3) is 3.45. The van der Waals surface area contributed by atoms with Crippen LogP contribution in [-0.2, 0) is 24.6 Å². The number of benzene rings is 1. The number of fused-ring (bicyclic) bond motifs is 2. The van der Waals surface area contributed by atoms with Gasteiger partial charge in [0, 0.05) is 11.9 Å². The van der Waals surface area contributed by atoms with E-state index in [1.807, 2.05) is 41.9 Å². The molecule has 4 aromatic rings. The molecule has 158 valence electrons. The number of hydrogen-bond donors (Lipinski definition) is 1. The van der Waals surface area contributed by atoms with Gasteiger partial charge in [0.1, 0.15) is 5.00 Å². The summed E-state index contributed by atoms with van der Waals surface area (Å²) in [7, 11) is 3.35. The number of rotatable bonds is 4. The largest absolute Gasteiger partial charge is 0.465 e. The molecule has 1 N–H and O–H groups in total. The fraction of sp³-hybridized carbons (Fsp3) is 0.261. The Hall–Kier alpha value is -2.97. The number of aromatic nitrogens is 2. The zero-order chi connectivity index (χ0) is 21.5. The van der Waals surface area contributed by atoms with Crippen molar-refractivity contribution >= 4 is 50.6 Å². The van der Waals surface area contributed by atoms with E-state index in [2.05, 4.69) is 5.32 Å². The maximum Gasteiger partial charge on any atom is 0.341 e. The molecule has 1 aliphatic carbocycles. The summed E-state index contributed by atoms with van der Waals surface area (Å²) in [6, 6.07) is 11.7. The van der Waals surface area contributed by atoms with Crippen molar-refractivity contribution in [1.82, 2.24) is 9.55 Å². The van der Waals surface area contributed by atoms with E-state index < -0.39 is 0 Å². The van der Waals surface area contributed by atoms with Gasteiger partial charge in [0.2, 0.25) is 0 Å². The van der Waals surface area contributed by atoms with Crippen molar-refractivity contribution < 1.29 is 14.3 Å². The van der Waals surface area contributed by atoms with Crippen molar-refractivity contribution in [3.05, 3.63) is 57.3 Å². The first kappa shape index (κ1) is 20.0. The second-order valence-electron chi connectivity index (χ2n) is 7.51. The molecule has 1 amide bonds.